The molecular formula is C21H18ClNO3S. The molecule has 0 aliphatic carbocycles. The third-order valence-electron chi connectivity index (χ3n) is 4.00. The van der Waals surface area contributed by atoms with Gasteiger partial charge in [0.2, 0.25) is 0 Å². The van der Waals surface area contributed by atoms with Crippen molar-refractivity contribution in [2.45, 2.75) is 10.8 Å². The van der Waals surface area contributed by atoms with E-state index in [0.717, 1.165) is 28.3 Å². The van der Waals surface area contributed by atoms with Gasteiger partial charge in [0.1, 0.15) is 16.5 Å². The Morgan fingerprint density at radius 2 is 1.81 bits per heavy atom. The first kappa shape index (κ1) is 19.3. The minimum Gasteiger partial charge on any atom is -0.497 e. The van der Waals surface area contributed by atoms with Crippen molar-refractivity contribution in [1.82, 2.24) is 4.98 Å². The summed E-state index contributed by atoms with van der Waals surface area (Å²) in [6.07, 6.45) is 0. The molecular weight excluding hydrogens is 382 g/mol. The first-order valence-corrected chi connectivity index (χ1v) is 9.58. The van der Waals surface area contributed by atoms with Gasteiger partial charge < -0.3 is 9.47 Å². The van der Waals surface area contributed by atoms with Crippen LogP contribution in [0.1, 0.15) is 15.9 Å². The van der Waals surface area contributed by atoms with E-state index in [4.69, 9.17) is 21.1 Å². The highest BCUT2D eigenvalue weighted by atomic mass is 35.5. The first-order chi connectivity index (χ1) is 13.1. The lowest BCUT2D eigenvalue weighted by Crippen LogP contribution is -1.98. The van der Waals surface area contributed by atoms with E-state index in [-0.39, 0.29) is 0 Å². The molecule has 0 amide bonds. The second-order valence-electron chi connectivity index (χ2n) is 5.66. The largest absolute Gasteiger partial charge is 0.497 e. The van der Waals surface area contributed by atoms with E-state index >= 15 is 0 Å². The van der Waals surface area contributed by atoms with E-state index in [2.05, 4.69) is 4.98 Å². The molecule has 0 atom stereocenters. The fourth-order valence-electron chi connectivity index (χ4n) is 2.59. The number of carbonyl (C=O) groups excluding carboxylic acids is 1. The number of halogens is 1. The van der Waals surface area contributed by atoms with Gasteiger partial charge in [0.15, 0.2) is 0 Å². The van der Waals surface area contributed by atoms with Gasteiger partial charge in [-0.1, -0.05) is 36.4 Å². The second kappa shape index (κ2) is 8.93. The predicted octanol–water partition coefficient (Wildman–Crippen LogP) is 5.44. The van der Waals surface area contributed by atoms with E-state index in [1.807, 2.05) is 54.6 Å². The molecule has 3 aromatic rings. The maximum absolute atomic E-state index is 11.8. The fraction of sp³-hybridized carbons (Fsp3) is 0.143. The van der Waals surface area contributed by atoms with Crippen molar-refractivity contribution in [3.05, 3.63) is 71.8 Å². The number of aromatic nitrogens is 1. The Labute approximate surface area is 167 Å². The zero-order valence-corrected chi connectivity index (χ0v) is 16.5. The van der Waals surface area contributed by atoms with E-state index in [0.29, 0.717) is 16.3 Å². The molecule has 0 saturated carbocycles. The zero-order chi connectivity index (χ0) is 19.2. The van der Waals surface area contributed by atoms with Gasteiger partial charge in [0.25, 0.3) is 5.24 Å². The number of pyridine rings is 1. The molecule has 2 aromatic carbocycles. The molecule has 3 rings (SSSR count). The average Bonchev–Trinajstić information content (AvgIpc) is 2.72. The van der Waals surface area contributed by atoms with Crippen LogP contribution in [0.15, 0.2) is 65.7 Å². The number of ether oxygens (including phenoxy) is 2. The Morgan fingerprint density at radius 1 is 1.04 bits per heavy atom. The Hall–Kier alpha value is -2.50. The number of nitrogens with zero attached hydrogens (tertiary/aromatic N) is 1. The van der Waals surface area contributed by atoms with Gasteiger partial charge in [-0.2, -0.15) is 0 Å². The molecule has 0 radical (unpaired) electrons. The maximum Gasteiger partial charge on any atom is 0.255 e. The highest BCUT2D eigenvalue weighted by molar-refractivity contribution is 7.98. The highest BCUT2D eigenvalue weighted by Crippen LogP contribution is 2.33. The molecule has 0 bridgehead atoms. The van der Waals surface area contributed by atoms with Crippen LogP contribution in [-0.4, -0.2) is 24.4 Å². The van der Waals surface area contributed by atoms with Crippen LogP contribution in [0, 0.1) is 0 Å². The predicted molar refractivity (Wildman–Crippen MR) is 109 cm³/mol. The topological polar surface area (TPSA) is 48.4 Å². The van der Waals surface area contributed by atoms with Crippen LogP contribution in [0.25, 0.3) is 11.3 Å². The molecule has 4 nitrogen and oxygen atoms in total. The standard InChI is InChI=1S/C21H18ClNO3S/c1-25-16-9-8-15(19(12-16)26-2)13-27-21-17(20(22)24)10-11-18(23-21)14-6-4-3-5-7-14/h3-12H,13H2,1-2H3. The van der Waals surface area contributed by atoms with Crippen molar-refractivity contribution in [2.75, 3.05) is 14.2 Å². The summed E-state index contributed by atoms with van der Waals surface area (Å²) in [4.78, 5) is 16.5. The first-order valence-electron chi connectivity index (χ1n) is 8.22. The molecule has 0 unspecified atom stereocenters. The minimum atomic E-state index is -0.522. The molecule has 0 aliphatic rings. The van der Waals surface area contributed by atoms with Crippen LogP contribution in [-0.2, 0) is 5.75 Å². The van der Waals surface area contributed by atoms with Gasteiger partial charge in [0.05, 0.1) is 25.5 Å². The maximum atomic E-state index is 11.8. The van der Waals surface area contributed by atoms with Crippen molar-refractivity contribution in [3.8, 4) is 22.8 Å². The molecule has 1 aromatic heterocycles. The van der Waals surface area contributed by atoms with E-state index < -0.39 is 5.24 Å². The molecule has 1 heterocycles. The summed E-state index contributed by atoms with van der Waals surface area (Å²) in [5.41, 5.74) is 3.15. The number of hydrogen-bond acceptors (Lipinski definition) is 5. The highest BCUT2D eigenvalue weighted by Gasteiger charge is 2.14. The van der Waals surface area contributed by atoms with Gasteiger partial charge in [0, 0.05) is 22.9 Å². The van der Waals surface area contributed by atoms with E-state index in [1.165, 1.54) is 11.8 Å². The SMILES string of the molecule is COc1ccc(CSc2nc(-c3ccccc3)ccc2C(=O)Cl)c(OC)c1. The lowest BCUT2D eigenvalue weighted by Gasteiger charge is -2.12. The third kappa shape index (κ3) is 4.62. The van der Waals surface area contributed by atoms with Crippen molar-refractivity contribution in [3.63, 3.8) is 0 Å². The number of methoxy groups -OCH3 is 2. The lowest BCUT2D eigenvalue weighted by atomic mass is 10.1. The van der Waals surface area contributed by atoms with E-state index in [9.17, 15) is 4.79 Å². The van der Waals surface area contributed by atoms with E-state index in [1.54, 1.807) is 20.3 Å². The quantitative estimate of drug-likeness (QED) is 0.391. The zero-order valence-electron chi connectivity index (χ0n) is 14.9. The lowest BCUT2D eigenvalue weighted by molar-refractivity contribution is 0.107. The number of carbonyl (C=O) groups is 1. The Kier molecular flexibility index (Phi) is 6.37. The Balaban J connectivity index is 1.90. The van der Waals surface area contributed by atoms with Crippen molar-refractivity contribution in [2.24, 2.45) is 0 Å². The van der Waals surface area contributed by atoms with Gasteiger partial charge in [-0.25, -0.2) is 4.98 Å². The molecule has 138 valence electrons. The summed E-state index contributed by atoms with van der Waals surface area (Å²) in [7, 11) is 3.23. The monoisotopic (exact) mass is 399 g/mol. The number of hydrogen-bond donors (Lipinski definition) is 0. The van der Waals surface area contributed by atoms with Gasteiger partial charge in [-0.05, 0) is 29.8 Å². The molecule has 0 saturated heterocycles. The second-order valence-corrected chi connectivity index (χ2v) is 6.96. The van der Waals surface area contributed by atoms with Crippen LogP contribution in [0.2, 0.25) is 0 Å². The average molecular weight is 400 g/mol. The van der Waals surface area contributed by atoms with Crippen LogP contribution < -0.4 is 9.47 Å². The van der Waals surface area contributed by atoms with Gasteiger partial charge in [-0.15, -0.1) is 11.8 Å². The van der Waals surface area contributed by atoms with Gasteiger partial charge >= 0.3 is 0 Å². The van der Waals surface area contributed by atoms with Crippen LogP contribution in [0.4, 0.5) is 0 Å². The molecule has 27 heavy (non-hydrogen) atoms. The Morgan fingerprint density at radius 3 is 2.48 bits per heavy atom. The summed E-state index contributed by atoms with van der Waals surface area (Å²) in [6.45, 7) is 0. The minimum absolute atomic E-state index is 0.397. The molecule has 0 spiro atoms. The summed E-state index contributed by atoms with van der Waals surface area (Å²) in [5.74, 6) is 2.02. The van der Waals surface area contributed by atoms with Crippen LogP contribution >= 0.6 is 23.4 Å². The summed E-state index contributed by atoms with van der Waals surface area (Å²) < 4.78 is 10.7. The fourth-order valence-corrected chi connectivity index (χ4v) is 3.81. The normalized spacial score (nSPS) is 10.5. The molecule has 0 aliphatic heterocycles. The summed E-state index contributed by atoms with van der Waals surface area (Å²) >= 11 is 7.20. The Bertz CT molecular complexity index is 947. The smallest absolute Gasteiger partial charge is 0.255 e. The van der Waals surface area contributed by atoms with Crippen LogP contribution in [0.5, 0.6) is 11.5 Å². The van der Waals surface area contributed by atoms with Crippen molar-refractivity contribution < 1.29 is 14.3 Å². The summed E-state index contributed by atoms with van der Waals surface area (Å²) in [5, 5.41) is 0.0699. The number of benzene rings is 2. The summed E-state index contributed by atoms with van der Waals surface area (Å²) in [6, 6.07) is 19.0. The van der Waals surface area contributed by atoms with Crippen molar-refractivity contribution >= 4 is 28.6 Å². The number of rotatable bonds is 7. The van der Waals surface area contributed by atoms with Crippen molar-refractivity contribution in [1.29, 1.82) is 0 Å². The number of thioether (sulfide) groups is 1. The van der Waals surface area contributed by atoms with Gasteiger partial charge in [-0.3, -0.25) is 4.79 Å². The third-order valence-corrected chi connectivity index (χ3v) is 5.24. The molecule has 6 heteroatoms. The molecule has 0 N–H and O–H groups in total. The molecule has 0 fully saturated rings. The van der Waals surface area contributed by atoms with Crippen LogP contribution in [0.3, 0.4) is 0 Å².